The maximum atomic E-state index is 14.2. The van der Waals surface area contributed by atoms with Crippen LogP contribution in [-0.4, -0.2) is 61.6 Å². The number of nitrogens with zero attached hydrogens (tertiary/aromatic N) is 10. The van der Waals surface area contributed by atoms with Crippen LogP contribution in [0, 0.1) is 11.6 Å². The predicted octanol–water partition coefficient (Wildman–Crippen LogP) is 4.76. The van der Waals surface area contributed by atoms with E-state index in [0.29, 0.717) is 56.9 Å². The van der Waals surface area contributed by atoms with Crippen LogP contribution in [0.25, 0.3) is 45.8 Å². The number of amides is 2. The molecule has 6 heterocycles. The van der Waals surface area contributed by atoms with Crippen molar-refractivity contribution in [1.29, 1.82) is 0 Å². The van der Waals surface area contributed by atoms with Crippen LogP contribution in [0.3, 0.4) is 0 Å². The quantitative estimate of drug-likeness (QED) is 0.151. The van der Waals surface area contributed by atoms with Gasteiger partial charge < -0.3 is 25.8 Å². The number of hydrogen-bond donors (Lipinski definition) is 3. The van der Waals surface area contributed by atoms with Gasteiger partial charge in [0.2, 0.25) is 11.8 Å². The Labute approximate surface area is 315 Å². The number of hydrogen-bond acceptors (Lipinski definition) is 13. The van der Waals surface area contributed by atoms with Gasteiger partial charge in [0.05, 0.1) is 24.5 Å². The zero-order chi connectivity index (χ0) is 39.0. The molecule has 2 aromatic carbocycles. The molecule has 56 heavy (non-hydrogen) atoms. The smallest absolute Gasteiger partial charge is 0.234 e. The lowest BCUT2D eigenvalue weighted by atomic mass is 10.2. The van der Waals surface area contributed by atoms with Crippen molar-refractivity contribution in [2.24, 2.45) is 5.73 Å². The van der Waals surface area contributed by atoms with Crippen LogP contribution in [0.15, 0.2) is 119 Å². The summed E-state index contributed by atoms with van der Waals surface area (Å²) in [6, 6.07) is 22.8. The molecule has 6 aromatic heterocycles. The molecule has 8 aromatic rings. The zero-order valence-corrected chi connectivity index (χ0v) is 29.0. The molecule has 0 saturated carbocycles. The Kier molecular flexibility index (Phi) is 10.6. The van der Waals surface area contributed by atoms with Crippen molar-refractivity contribution in [3.05, 3.63) is 133 Å². The second-order valence-electron chi connectivity index (χ2n) is 11.9. The number of aromatic nitrogens is 10. The number of nitrogens with one attached hydrogen (secondary N) is 1. The largest absolute Gasteiger partial charge is 0.384 e. The van der Waals surface area contributed by atoms with E-state index in [4.69, 9.17) is 20.5 Å². The van der Waals surface area contributed by atoms with Gasteiger partial charge in [0.25, 0.3) is 0 Å². The average Bonchev–Trinajstić information content (AvgIpc) is 4.02. The van der Waals surface area contributed by atoms with Gasteiger partial charge in [0.1, 0.15) is 65.0 Å². The Balaban J connectivity index is 0.000000175. The molecular weight excluding hydrogens is 728 g/mol. The summed E-state index contributed by atoms with van der Waals surface area (Å²) in [4.78, 5) is 39.5. The van der Waals surface area contributed by atoms with Gasteiger partial charge in [-0.15, -0.1) is 0 Å². The molecule has 19 heteroatoms. The maximum absolute atomic E-state index is 14.2. The van der Waals surface area contributed by atoms with Crippen LogP contribution in [0.4, 0.5) is 20.4 Å². The fraction of sp³-hybridized carbons (Fsp3) is 0.0811. The highest BCUT2D eigenvalue weighted by atomic mass is 19.1. The number of benzene rings is 2. The molecule has 5 N–H and O–H groups in total. The molecule has 0 bridgehead atoms. The SMILES string of the molecule is NC(=O)CC(=O)Nc1ccnc(-c2cc(-c3ccon3)n(Cc3ccccc3F)n2)n1.Nc1ccnc(-c2cc(-c3ccon3)n(Cc3ccccc3F)n2)n1. The van der Waals surface area contributed by atoms with Crippen LogP contribution in [0.1, 0.15) is 17.5 Å². The standard InChI is InChI=1S/C20H16FN7O3.C17H13FN6O/c21-13-4-2-1-3-12(13)11-28-16(14-6-8-31-27-14)9-15(26-28)20-23-7-5-18(25-20)24-19(30)10-17(22)29;18-12-4-2-1-3-11(12)10-24-15(13-6-8-25-23-13)9-14(22-24)17-20-7-5-16(19)21-17/h1-9H,10-11H2,(H2,22,29)(H,23,24,25,30);1-9H,10H2,(H2,19,20,21). The molecule has 0 fully saturated rings. The number of nitrogens with two attached hydrogens (primary N) is 2. The van der Waals surface area contributed by atoms with Gasteiger partial charge in [0.15, 0.2) is 11.6 Å². The molecule has 0 atom stereocenters. The number of nitrogen functional groups attached to an aromatic ring is 1. The predicted molar refractivity (Wildman–Crippen MR) is 195 cm³/mol. The second kappa shape index (κ2) is 16.4. The third kappa shape index (κ3) is 8.63. The number of primary amides is 1. The molecule has 0 radical (unpaired) electrons. The number of halogens is 2. The number of carbonyl (C=O) groups is 2. The lowest BCUT2D eigenvalue weighted by Gasteiger charge is -2.06. The van der Waals surface area contributed by atoms with E-state index in [-0.39, 0.29) is 36.4 Å². The first-order valence-corrected chi connectivity index (χ1v) is 16.6. The molecule has 0 aliphatic carbocycles. The molecule has 0 spiro atoms. The van der Waals surface area contributed by atoms with Crippen molar-refractivity contribution < 1.29 is 27.4 Å². The Morgan fingerprint density at radius 3 is 1.68 bits per heavy atom. The third-order valence-corrected chi connectivity index (χ3v) is 7.91. The molecule has 8 rings (SSSR count). The first-order valence-electron chi connectivity index (χ1n) is 16.6. The fourth-order valence-electron chi connectivity index (χ4n) is 5.36. The maximum Gasteiger partial charge on any atom is 0.234 e. The third-order valence-electron chi connectivity index (χ3n) is 7.91. The second-order valence-corrected chi connectivity index (χ2v) is 11.9. The molecule has 2 amide bonds. The summed E-state index contributed by atoms with van der Waals surface area (Å²) >= 11 is 0. The summed E-state index contributed by atoms with van der Waals surface area (Å²) in [7, 11) is 0. The Morgan fingerprint density at radius 1 is 0.679 bits per heavy atom. The average molecular weight is 758 g/mol. The number of anilines is 2. The normalized spacial score (nSPS) is 10.8. The van der Waals surface area contributed by atoms with E-state index in [1.54, 1.807) is 82.3 Å². The van der Waals surface area contributed by atoms with Gasteiger partial charge in [-0.25, -0.2) is 28.7 Å². The summed E-state index contributed by atoms with van der Waals surface area (Å²) in [6.07, 6.45) is 5.41. The summed E-state index contributed by atoms with van der Waals surface area (Å²) < 4.78 is 41.2. The number of carbonyl (C=O) groups excluding carboxylic acids is 2. The van der Waals surface area contributed by atoms with E-state index in [2.05, 4.69) is 45.8 Å². The minimum Gasteiger partial charge on any atom is -0.384 e. The van der Waals surface area contributed by atoms with Crippen molar-refractivity contribution in [2.75, 3.05) is 11.1 Å². The Morgan fingerprint density at radius 2 is 1.20 bits per heavy atom. The van der Waals surface area contributed by atoms with Crippen LogP contribution in [0.2, 0.25) is 0 Å². The van der Waals surface area contributed by atoms with E-state index in [1.807, 2.05) is 0 Å². The van der Waals surface area contributed by atoms with Gasteiger partial charge in [-0.05, 0) is 36.4 Å². The Hall–Kier alpha value is -7.96. The van der Waals surface area contributed by atoms with E-state index < -0.39 is 18.2 Å². The highest BCUT2D eigenvalue weighted by molar-refractivity contribution is 6.02. The van der Waals surface area contributed by atoms with E-state index >= 15 is 0 Å². The van der Waals surface area contributed by atoms with Crippen LogP contribution in [0.5, 0.6) is 0 Å². The van der Waals surface area contributed by atoms with Crippen LogP contribution in [-0.2, 0) is 22.7 Å². The highest BCUT2D eigenvalue weighted by Gasteiger charge is 2.19. The van der Waals surface area contributed by atoms with Crippen molar-refractivity contribution >= 4 is 23.5 Å². The van der Waals surface area contributed by atoms with Gasteiger partial charge in [0, 0.05) is 35.7 Å². The molecule has 0 aliphatic heterocycles. The van der Waals surface area contributed by atoms with Gasteiger partial charge >= 0.3 is 0 Å². The first kappa shape index (κ1) is 36.4. The Bertz CT molecular complexity index is 2610. The molecule has 17 nitrogen and oxygen atoms in total. The van der Waals surface area contributed by atoms with Gasteiger partial charge in [-0.1, -0.05) is 46.7 Å². The van der Waals surface area contributed by atoms with E-state index in [9.17, 15) is 18.4 Å². The van der Waals surface area contributed by atoms with Crippen molar-refractivity contribution in [3.63, 3.8) is 0 Å². The lowest BCUT2D eigenvalue weighted by Crippen LogP contribution is -2.22. The number of rotatable bonds is 11. The molecule has 0 unspecified atom stereocenters. The highest BCUT2D eigenvalue weighted by Crippen LogP contribution is 2.27. The van der Waals surface area contributed by atoms with Crippen molar-refractivity contribution in [2.45, 2.75) is 19.5 Å². The first-order chi connectivity index (χ1) is 27.2. The van der Waals surface area contributed by atoms with E-state index in [0.717, 1.165) is 0 Å². The summed E-state index contributed by atoms with van der Waals surface area (Å²) in [5.74, 6) is -0.876. The molecule has 0 saturated heterocycles. The summed E-state index contributed by atoms with van der Waals surface area (Å²) in [6.45, 7) is 0.376. The van der Waals surface area contributed by atoms with Crippen LogP contribution >= 0.6 is 0 Å². The minimum absolute atomic E-state index is 0.143. The summed E-state index contributed by atoms with van der Waals surface area (Å²) in [5.41, 5.74) is 14.9. The van der Waals surface area contributed by atoms with Crippen molar-refractivity contribution in [1.82, 2.24) is 49.8 Å². The molecular formula is C37H29F2N13O4. The zero-order valence-electron chi connectivity index (χ0n) is 29.0. The topological polar surface area (TPSA) is 237 Å². The lowest BCUT2D eigenvalue weighted by molar-refractivity contribution is -0.124. The van der Waals surface area contributed by atoms with Crippen LogP contribution < -0.4 is 16.8 Å². The monoisotopic (exact) mass is 757 g/mol. The van der Waals surface area contributed by atoms with Crippen molar-refractivity contribution in [3.8, 4) is 45.8 Å². The molecule has 0 aliphatic rings. The fourth-order valence-corrected chi connectivity index (χ4v) is 5.36. The summed E-state index contributed by atoms with van der Waals surface area (Å²) in [5, 5.41) is 19.3. The van der Waals surface area contributed by atoms with Gasteiger partial charge in [-0.2, -0.15) is 10.2 Å². The van der Waals surface area contributed by atoms with Gasteiger partial charge in [-0.3, -0.25) is 19.0 Å². The van der Waals surface area contributed by atoms with E-state index in [1.165, 1.54) is 36.9 Å². The minimum atomic E-state index is -0.754. The molecule has 280 valence electrons.